The van der Waals surface area contributed by atoms with E-state index < -0.39 is 23.5 Å². The highest BCUT2D eigenvalue weighted by Crippen LogP contribution is 2.46. The summed E-state index contributed by atoms with van der Waals surface area (Å²) in [6.45, 7) is 0.102. The number of carbonyl (C=O) groups excluding carboxylic acids is 3. The Morgan fingerprint density at radius 1 is 0.939 bits per heavy atom. The Hall–Kier alpha value is -3.93. The number of para-hydroxylation sites is 1. The molecule has 0 unspecified atom stereocenters. The van der Waals surface area contributed by atoms with Crippen molar-refractivity contribution in [1.29, 1.82) is 0 Å². The quantitative estimate of drug-likeness (QED) is 0.595. The molecule has 0 saturated carbocycles. The third-order valence-corrected chi connectivity index (χ3v) is 6.62. The van der Waals surface area contributed by atoms with Gasteiger partial charge in [0.25, 0.3) is 0 Å². The Bertz CT molecular complexity index is 1210. The van der Waals surface area contributed by atoms with Crippen LogP contribution in [0.2, 0.25) is 0 Å². The van der Waals surface area contributed by atoms with Gasteiger partial charge in [0, 0.05) is 19.2 Å². The molecule has 3 aromatic rings. The molecule has 3 aromatic carbocycles. The molecule has 3 amide bonds. The molecule has 1 fully saturated rings. The van der Waals surface area contributed by atoms with Crippen molar-refractivity contribution in [3.63, 3.8) is 0 Å². The van der Waals surface area contributed by atoms with Gasteiger partial charge in [-0.25, -0.2) is 9.69 Å². The minimum atomic E-state index is -1.10. The molecule has 0 bridgehead atoms. The number of rotatable bonds is 5. The second-order valence-corrected chi connectivity index (χ2v) is 8.57. The van der Waals surface area contributed by atoms with Gasteiger partial charge in [-0.2, -0.15) is 0 Å². The highest BCUT2D eigenvalue weighted by molar-refractivity contribution is 6.10. The maximum atomic E-state index is 13.7. The van der Waals surface area contributed by atoms with E-state index in [1.807, 2.05) is 84.9 Å². The molecule has 2 heterocycles. The van der Waals surface area contributed by atoms with Crippen LogP contribution in [0.5, 0.6) is 0 Å². The molecule has 2 aliphatic heterocycles. The summed E-state index contributed by atoms with van der Waals surface area (Å²) in [6, 6.07) is 26.1. The monoisotopic (exact) mass is 440 g/mol. The van der Waals surface area contributed by atoms with E-state index in [0.717, 1.165) is 22.4 Å². The summed E-state index contributed by atoms with van der Waals surface area (Å²) in [7, 11) is 1.73. The number of ether oxygens (including phenoxy) is 1. The van der Waals surface area contributed by atoms with Crippen molar-refractivity contribution < 1.29 is 19.1 Å². The minimum Gasteiger partial charge on any atom is -0.446 e. The van der Waals surface area contributed by atoms with Crippen LogP contribution in [-0.4, -0.2) is 36.5 Å². The van der Waals surface area contributed by atoms with Crippen LogP contribution in [0, 0.1) is 0 Å². The van der Waals surface area contributed by atoms with Gasteiger partial charge in [-0.15, -0.1) is 0 Å². The number of imide groups is 1. The van der Waals surface area contributed by atoms with E-state index in [-0.39, 0.29) is 18.9 Å². The zero-order valence-electron chi connectivity index (χ0n) is 18.3. The van der Waals surface area contributed by atoms with Gasteiger partial charge in [0.05, 0.1) is 5.41 Å². The zero-order valence-corrected chi connectivity index (χ0v) is 18.3. The van der Waals surface area contributed by atoms with Crippen molar-refractivity contribution in [2.75, 3.05) is 18.6 Å². The summed E-state index contributed by atoms with van der Waals surface area (Å²) in [5.41, 5.74) is 2.26. The molecule has 0 radical (unpaired) electrons. The lowest BCUT2D eigenvalue weighted by Crippen LogP contribution is -2.46. The van der Waals surface area contributed by atoms with Crippen molar-refractivity contribution in [1.82, 2.24) is 4.90 Å². The number of cyclic esters (lactones) is 1. The predicted molar refractivity (Wildman–Crippen MR) is 124 cm³/mol. The van der Waals surface area contributed by atoms with Gasteiger partial charge in [-0.1, -0.05) is 78.9 Å². The smallest absolute Gasteiger partial charge is 0.417 e. The lowest BCUT2D eigenvalue weighted by molar-refractivity contribution is -0.134. The van der Waals surface area contributed by atoms with Crippen molar-refractivity contribution in [3.05, 3.63) is 102 Å². The Kier molecular flexibility index (Phi) is 5.21. The Labute approximate surface area is 192 Å². The number of nitrogens with zero attached hydrogens (tertiary/aromatic N) is 2. The Balaban J connectivity index is 1.55. The van der Waals surface area contributed by atoms with Gasteiger partial charge < -0.3 is 9.64 Å². The van der Waals surface area contributed by atoms with E-state index in [0.29, 0.717) is 6.42 Å². The number of benzene rings is 3. The molecule has 0 aliphatic carbocycles. The number of fused-ring (bicyclic) bond motifs is 1. The second kappa shape index (κ2) is 8.20. The summed E-state index contributed by atoms with van der Waals surface area (Å²) in [6.07, 6.45) is -0.435. The first-order chi connectivity index (χ1) is 16.0. The van der Waals surface area contributed by atoms with Crippen LogP contribution in [0.1, 0.15) is 29.2 Å². The SMILES string of the molecule is CN1C(=O)[C@@](CC(=O)N2C(=O)OC[C@@H]2c2ccccc2)(Cc2ccccc2)c2ccccc21. The van der Waals surface area contributed by atoms with Gasteiger partial charge in [-0.05, 0) is 29.2 Å². The first-order valence-electron chi connectivity index (χ1n) is 11.0. The van der Waals surface area contributed by atoms with E-state index in [1.165, 1.54) is 4.90 Å². The lowest BCUT2D eigenvalue weighted by Gasteiger charge is -2.30. The number of carbonyl (C=O) groups is 3. The summed E-state index contributed by atoms with van der Waals surface area (Å²) >= 11 is 0. The largest absolute Gasteiger partial charge is 0.446 e. The molecule has 0 aromatic heterocycles. The third kappa shape index (κ3) is 3.48. The fraction of sp³-hybridized carbons (Fsp3) is 0.222. The van der Waals surface area contributed by atoms with Gasteiger partial charge in [0.1, 0.15) is 12.6 Å². The summed E-state index contributed by atoms with van der Waals surface area (Å²) in [4.78, 5) is 42.8. The standard InChI is InChI=1S/C27H24N2O4/c1-28-22-15-9-8-14-21(22)27(25(28)31,16-19-10-4-2-5-11-19)17-24(30)29-23(18-33-26(29)32)20-12-6-3-7-13-20/h2-15,23H,16-18H2,1H3/t23-,27-/m1/s1. The second-order valence-electron chi connectivity index (χ2n) is 8.57. The lowest BCUT2D eigenvalue weighted by atomic mass is 9.73. The molecule has 1 saturated heterocycles. The normalized spacial score (nSPS) is 21.8. The Morgan fingerprint density at radius 2 is 1.58 bits per heavy atom. The van der Waals surface area contributed by atoms with Gasteiger partial charge in [0.2, 0.25) is 11.8 Å². The summed E-state index contributed by atoms with van der Waals surface area (Å²) < 4.78 is 5.26. The molecular formula is C27H24N2O4. The fourth-order valence-corrected chi connectivity index (χ4v) is 5.03. The van der Waals surface area contributed by atoms with Crippen molar-refractivity contribution in [2.45, 2.75) is 24.3 Å². The first kappa shape index (κ1) is 20.9. The summed E-state index contributed by atoms with van der Waals surface area (Å²) in [5, 5.41) is 0. The average Bonchev–Trinajstić information content (AvgIpc) is 3.33. The molecule has 166 valence electrons. The van der Waals surface area contributed by atoms with Crippen LogP contribution in [0.15, 0.2) is 84.9 Å². The number of amides is 3. The molecule has 6 heteroatoms. The number of likely N-dealkylation sites (N-methyl/N-ethyl adjacent to an activating group) is 1. The van der Waals surface area contributed by atoms with Gasteiger partial charge in [0.15, 0.2) is 0 Å². The molecular weight excluding hydrogens is 416 g/mol. The molecule has 2 atom stereocenters. The van der Waals surface area contributed by atoms with E-state index in [2.05, 4.69) is 0 Å². The molecule has 2 aliphatic rings. The highest BCUT2D eigenvalue weighted by atomic mass is 16.6. The van der Waals surface area contributed by atoms with Crippen LogP contribution in [0.3, 0.4) is 0 Å². The van der Waals surface area contributed by atoms with Crippen LogP contribution in [0.4, 0.5) is 10.5 Å². The van der Waals surface area contributed by atoms with E-state index in [1.54, 1.807) is 11.9 Å². The van der Waals surface area contributed by atoms with Crippen LogP contribution in [0.25, 0.3) is 0 Å². The van der Waals surface area contributed by atoms with Crippen molar-refractivity contribution in [3.8, 4) is 0 Å². The maximum absolute atomic E-state index is 13.7. The van der Waals surface area contributed by atoms with Crippen molar-refractivity contribution >= 4 is 23.6 Å². The summed E-state index contributed by atoms with van der Waals surface area (Å²) in [5.74, 6) is -0.564. The molecule has 5 rings (SSSR count). The highest BCUT2D eigenvalue weighted by Gasteiger charge is 2.53. The van der Waals surface area contributed by atoms with Gasteiger partial charge in [-0.3, -0.25) is 9.59 Å². The van der Waals surface area contributed by atoms with E-state index >= 15 is 0 Å². The molecule has 0 N–H and O–H groups in total. The topological polar surface area (TPSA) is 66.9 Å². The number of hydrogen-bond donors (Lipinski definition) is 0. The minimum absolute atomic E-state index is 0.102. The molecule has 0 spiro atoms. The van der Waals surface area contributed by atoms with E-state index in [9.17, 15) is 14.4 Å². The third-order valence-electron chi connectivity index (χ3n) is 6.62. The number of hydrogen-bond acceptors (Lipinski definition) is 4. The fourth-order valence-electron chi connectivity index (χ4n) is 5.03. The van der Waals surface area contributed by atoms with E-state index in [4.69, 9.17) is 4.74 Å². The predicted octanol–water partition coefficient (Wildman–Crippen LogP) is 4.25. The average molecular weight is 440 g/mol. The van der Waals surface area contributed by atoms with Crippen LogP contribution < -0.4 is 4.90 Å². The Morgan fingerprint density at radius 3 is 2.30 bits per heavy atom. The van der Waals surface area contributed by atoms with Gasteiger partial charge >= 0.3 is 6.09 Å². The number of anilines is 1. The van der Waals surface area contributed by atoms with Crippen molar-refractivity contribution in [2.24, 2.45) is 0 Å². The molecule has 33 heavy (non-hydrogen) atoms. The van der Waals surface area contributed by atoms with Crippen LogP contribution >= 0.6 is 0 Å². The zero-order chi connectivity index (χ0) is 23.0. The maximum Gasteiger partial charge on any atom is 0.417 e. The molecule has 6 nitrogen and oxygen atoms in total. The first-order valence-corrected chi connectivity index (χ1v) is 11.0. The van der Waals surface area contributed by atoms with Crippen LogP contribution in [-0.2, 0) is 26.2 Å².